The van der Waals surface area contributed by atoms with E-state index in [4.69, 9.17) is 0 Å². The monoisotopic (exact) mass is 320 g/mol. The third-order valence-corrected chi connectivity index (χ3v) is 4.70. The Morgan fingerprint density at radius 3 is 2.29 bits per heavy atom. The molecule has 0 radical (unpaired) electrons. The van der Waals surface area contributed by atoms with Gasteiger partial charge in [0.05, 0.1) is 17.0 Å². The number of hydrogen-bond donors (Lipinski definition) is 1. The summed E-state index contributed by atoms with van der Waals surface area (Å²) < 4.78 is 0. The van der Waals surface area contributed by atoms with Gasteiger partial charge in [-0.25, -0.2) is 0 Å². The van der Waals surface area contributed by atoms with E-state index in [1.54, 1.807) is 24.3 Å². The molecule has 0 saturated carbocycles. The largest absolute Gasteiger partial charge is 0.280 e. The Hall–Kier alpha value is -2.95. The molecule has 0 aromatic heterocycles. The van der Waals surface area contributed by atoms with Gasteiger partial charge in [0.25, 0.3) is 11.8 Å². The second kappa shape index (κ2) is 5.60. The number of carbonyl (C=O) groups excluding carboxylic acids is 3. The Morgan fingerprint density at radius 2 is 1.58 bits per heavy atom. The topological polar surface area (TPSA) is 66.5 Å². The van der Waals surface area contributed by atoms with Crippen molar-refractivity contribution in [3.8, 4) is 0 Å². The van der Waals surface area contributed by atoms with Crippen LogP contribution in [0.2, 0.25) is 0 Å². The minimum Gasteiger partial charge on any atom is -0.273 e. The zero-order chi connectivity index (χ0) is 16.7. The lowest BCUT2D eigenvalue weighted by Crippen LogP contribution is -2.48. The molecule has 2 aromatic rings. The maximum atomic E-state index is 12.7. The molecule has 5 heteroatoms. The zero-order valence-corrected chi connectivity index (χ0v) is 13.0. The standard InChI is InChI=1S/C19H16N2O3/c22-17(14-11-5-7-12-6-1-2-8-13(12)14)20-21-18(23)15-9-3-4-10-16(15)19(21)24/h1-4,6,8-10,14H,5,7,11H2,(H,20,22)/t14-/m0/s1. The lowest BCUT2D eigenvalue weighted by Gasteiger charge is -2.26. The van der Waals surface area contributed by atoms with Crippen LogP contribution in [0.3, 0.4) is 0 Å². The molecule has 3 amide bonds. The number of hydrazine groups is 1. The van der Waals surface area contributed by atoms with Crippen molar-refractivity contribution in [1.82, 2.24) is 10.4 Å². The van der Waals surface area contributed by atoms with Gasteiger partial charge in [-0.15, -0.1) is 0 Å². The van der Waals surface area contributed by atoms with Crippen LogP contribution in [0.15, 0.2) is 48.5 Å². The van der Waals surface area contributed by atoms with Crippen LogP contribution in [0, 0.1) is 0 Å². The number of nitrogens with zero attached hydrogens (tertiary/aromatic N) is 1. The fraction of sp³-hybridized carbons (Fsp3) is 0.211. The summed E-state index contributed by atoms with van der Waals surface area (Å²) in [6.45, 7) is 0. The van der Waals surface area contributed by atoms with E-state index >= 15 is 0 Å². The highest BCUT2D eigenvalue weighted by Crippen LogP contribution is 2.32. The summed E-state index contributed by atoms with van der Waals surface area (Å²) in [5.74, 6) is -1.60. The Balaban J connectivity index is 1.58. The third-order valence-electron chi connectivity index (χ3n) is 4.70. The average Bonchev–Trinajstić information content (AvgIpc) is 2.86. The van der Waals surface area contributed by atoms with Gasteiger partial charge in [0.1, 0.15) is 0 Å². The van der Waals surface area contributed by atoms with E-state index in [9.17, 15) is 14.4 Å². The van der Waals surface area contributed by atoms with Gasteiger partial charge in [-0.05, 0) is 42.5 Å². The van der Waals surface area contributed by atoms with Gasteiger partial charge in [-0.2, -0.15) is 5.01 Å². The Labute approximate surface area is 139 Å². The number of rotatable bonds is 2. The SMILES string of the molecule is O=C(NN1C(=O)c2ccccc2C1=O)[C@H]1CCCc2ccccc21. The molecule has 0 unspecified atom stereocenters. The molecule has 0 spiro atoms. The number of amides is 3. The van der Waals surface area contributed by atoms with E-state index in [2.05, 4.69) is 5.43 Å². The van der Waals surface area contributed by atoms with Gasteiger partial charge in [-0.3, -0.25) is 19.8 Å². The number of hydrogen-bond acceptors (Lipinski definition) is 3. The van der Waals surface area contributed by atoms with Crippen LogP contribution in [0.1, 0.15) is 50.6 Å². The quantitative estimate of drug-likeness (QED) is 0.864. The molecule has 4 rings (SSSR count). The molecule has 1 heterocycles. The number of carbonyl (C=O) groups is 3. The summed E-state index contributed by atoms with van der Waals surface area (Å²) in [5.41, 5.74) is 5.33. The van der Waals surface area contributed by atoms with Gasteiger partial charge >= 0.3 is 0 Å². The van der Waals surface area contributed by atoms with E-state index in [1.165, 1.54) is 0 Å². The average molecular weight is 320 g/mol. The van der Waals surface area contributed by atoms with Crippen molar-refractivity contribution in [3.63, 3.8) is 0 Å². The lowest BCUT2D eigenvalue weighted by atomic mass is 9.82. The molecule has 1 N–H and O–H groups in total. The number of imide groups is 1. The van der Waals surface area contributed by atoms with Crippen LogP contribution in [-0.4, -0.2) is 22.7 Å². The predicted molar refractivity (Wildman–Crippen MR) is 87.2 cm³/mol. The Morgan fingerprint density at radius 1 is 0.958 bits per heavy atom. The van der Waals surface area contributed by atoms with Crippen molar-refractivity contribution in [2.75, 3.05) is 0 Å². The zero-order valence-electron chi connectivity index (χ0n) is 13.0. The second-order valence-corrected chi connectivity index (χ2v) is 6.11. The summed E-state index contributed by atoms with van der Waals surface area (Å²) in [7, 11) is 0. The van der Waals surface area contributed by atoms with Crippen molar-refractivity contribution in [1.29, 1.82) is 0 Å². The molecular weight excluding hydrogens is 304 g/mol. The van der Waals surface area contributed by atoms with Crippen LogP contribution >= 0.6 is 0 Å². The fourth-order valence-corrected chi connectivity index (χ4v) is 3.51. The van der Waals surface area contributed by atoms with Gasteiger partial charge in [0.2, 0.25) is 5.91 Å². The summed E-state index contributed by atoms with van der Waals surface area (Å²) in [6, 6.07) is 14.4. The number of nitrogens with one attached hydrogen (secondary N) is 1. The van der Waals surface area contributed by atoms with Gasteiger partial charge in [-0.1, -0.05) is 36.4 Å². The van der Waals surface area contributed by atoms with Crippen molar-refractivity contribution in [2.45, 2.75) is 25.2 Å². The predicted octanol–water partition coefficient (Wildman–Crippen LogP) is 2.43. The van der Waals surface area contributed by atoms with Crippen molar-refractivity contribution in [3.05, 3.63) is 70.8 Å². The molecule has 0 fully saturated rings. The van der Waals surface area contributed by atoms with Crippen LogP contribution in [0.25, 0.3) is 0 Å². The summed E-state index contributed by atoms with van der Waals surface area (Å²) in [6.07, 6.45) is 2.58. The van der Waals surface area contributed by atoms with Gasteiger partial charge in [0.15, 0.2) is 0 Å². The normalized spacial score (nSPS) is 19.0. The minimum atomic E-state index is -0.479. The van der Waals surface area contributed by atoms with Crippen molar-refractivity contribution in [2.24, 2.45) is 0 Å². The van der Waals surface area contributed by atoms with E-state index in [-0.39, 0.29) is 11.8 Å². The van der Waals surface area contributed by atoms with E-state index < -0.39 is 11.8 Å². The Bertz CT molecular complexity index is 824. The first-order valence-electron chi connectivity index (χ1n) is 8.03. The molecule has 1 aliphatic heterocycles. The van der Waals surface area contributed by atoms with Gasteiger partial charge < -0.3 is 0 Å². The molecule has 1 aliphatic carbocycles. The molecule has 24 heavy (non-hydrogen) atoms. The molecular formula is C19H16N2O3. The van der Waals surface area contributed by atoms with E-state index in [0.29, 0.717) is 17.5 Å². The third kappa shape index (κ3) is 2.21. The van der Waals surface area contributed by atoms with Crippen LogP contribution in [-0.2, 0) is 11.2 Å². The smallest absolute Gasteiger partial charge is 0.273 e. The van der Waals surface area contributed by atoms with Crippen molar-refractivity contribution >= 4 is 17.7 Å². The second-order valence-electron chi connectivity index (χ2n) is 6.11. The number of aryl methyl sites for hydroxylation is 1. The fourth-order valence-electron chi connectivity index (χ4n) is 3.51. The highest BCUT2D eigenvalue weighted by molar-refractivity contribution is 6.21. The highest BCUT2D eigenvalue weighted by atomic mass is 16.2. The molecule has 2 aliphatic rings. The summed E-state index contributed by atoms with van der Waals surface area (Å²) >= 11 is 0. The molecule has 2 aromatic carbocycles. The molecule has 1 atom stereocenters. The maximum Gasteiger partial charge on any atom is 0.280 e. The maximum absolute atomic E-state index is 12.7. The van der Waals surface area contributed by atoms with Gasteiger partial charge in [0, 0.05) is 0 Å². The number of fused-ring (bicyclic) bond motifs is 2. The first kappa shape index (κ1) is 14.6. The first-order valence-corrected chi connectivity index (χ1v) is 8.03. The van der Waals surface area contributed by atoms with E-state index in [0.717, 1.165) is 29.0 Å². The Kier molecular flexibility index (Phi) is 3.41. The molecule has 120 valence electrons. The molecule has 5 nitrogen and oxygen atoms in total. The minimum absolute atomic E-state index is 0.309. The number of benzene rings is 2. The molecule has 0 bridgehead atoms. The van der Waals surface area contributed by atoms with Crippen LogP contribution in [0.4, 0.5) is 0 Å². The van der Waals surface area contributed by atoms with Crippen LogP contribution < -0.4 is 5.43 Å². The van der Waals surface area contributed by atoms with Crippen molar-refractivity contribution < 1.29 is 14.4 Å². The summed E-state index contributed by atoms with van der Waals surface area (Å²) in [4.78, 5) is 37.4. The first-order chi connectivity index (χ1) is 11.7. The summed E-state index contributed by atoms with van der Waals surface area (Å²) in [5, 5.41) is 0.838. The highest BCUT2D eigenvalue weighted by Gasteiger charge is 2.38. The molecule has 0 saturated heterocycles. The lowest BCUT2D eigenvalue weighted by molar-refractivity contribution is -0.126. The van der Waals surface area contributed by atoms with Crippen LogP contribution in [0.5, 0.6) is 0 Å². The van der Waals surface area contributed by atoms with E-state index in [1.807, 2.05) is 24.3 Å².